The van der Waals surface area contributed by atoms with Crippen molar-refractivity contribution in [2.45, 2.75) is 19.4 Å². The molecule has 0 atom stereocenters. The molecule has 4 amide bonds. The lowest BCUT2D eigenvalue weighted by atomic mass is 10.1. The number of halogens is 1. The third kappa shape index (κ3) is 4.63. The molecule has 1 fully saturated rings. The normalized spacial score (nSPS) is 14.2. The van der Waals surface area contributed by atoms with Gasteiger partial charge in [-0.2, -0.15) is 0 Å². The highest BCUT2D eigenvalue weighted by molar-refractivity contribution is 6.30. The molecule has 136 valence electrons. The van der Waals surface area contributed by atoms with E-state index in [0.717, 1.165) is 5.56 Å². The van der Waals surface area contributed by atoms with Gasteiger partial charge in [-0.25, -0.2) is 4.79 Å². The zero-order chi connectivity index (χ0) is 18.6. The first-order valence-corrected chi connectivity index (χ1v) is 8.33. The number of hydrogen-bond acceptors (Lipinski definition) is 4. The van der Waals surface area contributed by atoms with Gasteiger partial charge >= 0.3 is 6.03 Å². The minimum Gasteiger partial charge on any atom is -0.496 e. The molecule has 1 saturated heterocycles. The monoisotopic (exact) mass is 367 g/mol. The van der Waals surface area contributed by atoms with Gasteiger partial charge in [-0.05, 0) is 24.6 Å². The lowest BCUT2D eigenvalue weighted by molar-refractivity contribution is -0.131. The van der Waals surface area contributed by atoms with Gasteiger partial charge in [0, 0.05) is 44.2 Å². The number of hydrogen-bond donors (Lipinski definition) is 0. The molecule has 1 aliphatic rings. The van der Waals surface area contributed by atoms with Crippen LogP contribution in [0.1, 0.15) is 18.4 Å². The van der Waals surface area contributed by atoms with Crippen molar-refractivity contribution >= 4 is 29.4 Å². The molecule has 8 heteroatoms. The van der Waals surface area contributed by atoms with Crippen LogP contribution in [-0.4, -0.2) is 66.8 Å². The molecule has 0 aromatic heterocycles. The average molecular weight is 368 g/mol. The number of amides is 4. The van der Waals surface area contributed by atoms with Crippen molar-refractivity contribution in [1.29, 1.82) is 0 Å². The Morgan fingerprint density at radius 1 is 1.36 bits per heavy atom. The second kappa shape index (κ2) is 8.20. The summed E-state index contributed by atoms with van der Waals surface area (Å²) in [7, 11) is 4.84. The first-order chi connectivity index (χ1) is 11.8. The van der Waals surface area contributed by atoms with E-state index in [1.165, 1.54) is 9.80 Å². The van der Waals surface area contributed by atoms with Crippen LogP contribution >= 0.6 is 11.6 Å². The smallest absolute Gasteiger partial charge is 0.326 e. The highest BCUT2D eigenvalue weighted by atomic mass is 35.5. The van der Waals surface area contributed by atoms with E-state index in [0.29, 0.717) is 23.7 Å². The molecule has 1 heterocycles. The zero-order valence-corrected chi connectivity index (χ0v) is 15.4. The highest BCUT2D eigenvalue weighted by Crippen LogP contribution is 2.24. The number of imide groups is 1. The number of carbonyl (C=O) groups excluding carboxylic acids is 3. The van der Waals surface area contributed by atoms with Gasteiger partial charge in [0.2, 0.25) is 11.8 Å². The first kappa shape index (κ1) is 19.1. The second-order valence-electron chi connectivity index (χ2n) is 5.99. The van der Waals surface area contributed by atoms with Crippen LogP contribution in [0.15, 0.2) is 18.2 Å². The average Bonchev–Trinajstić information content (AvgIpc) is 2.81. The Morgan fingerprint density at radius 2 is 2.08 bits per heavy atom. The Balaban J connectivity index is 1.86. The van der Waals surface area contributed by atoms with Gasteiger partial charge in [-0.15, -0.1) is 0 Å². The van der Waals surface area contributed by atoms with Crippen LogP contribution in [0.2, 0.25) is 5.02 Å². The van der Waals surface area contributed by atoms with E-state index in [9.17, 15) is 14.4 Å². The third-order valence-electron chi connectivity index (χ3n) is 4.08. The lowest BCUT2D eigenvalue weighted by Gasteiger charge is -2.20. The molecule has 7 nitrogen and oxygen atoms in total. The summed E-state index contributed by atoms with van der Waals surface area (Å²) >= 11 is 6.00. The van der Waals surface area contributed by atoms with Crippen LogP contribution in [-0.2, 0) is 16.1 Å². The number of urea groups is 1. The largest absolute Gasteiger partial charge is 0.496 e. The van der Waals surface area contributed by atoms with Crippen molar-refractivity contribution in [3.63, 3.8) is 0 Å². The maximum absolute atomic E-state index is 12.3. The van der Waals surface area contributed by atoms with E-state index in [2.05, 4.69) is 0 Å². The Labute approximate surface area is 152 Å². The van der Waals surface area contributed by atoms with Crippen molar-refractivity contribution < 1.29 is 19.1 Å². The quantitative estimate of drug-likeness (QED) is 0.691. The molecule has 0 spiro atoms. The molecule has 0 radical (unpaired) electrons. The predicted octanol–water partition coefficient (Wildman–Crippen LogP) is 1.98. The Kier molecular flexibility index (Phi) is 6.25. The maximum atomic E-state index is 12.3. The van der Waals surface area contributed by atoms with Crippen LogP contribution in [0.4, 0.5) is 4.79 Å². The third-order valence-corrected chi connectivity index (χ3v) is 4.31. The van der Waals surface area contributed by atoms with Gasteiger partial charge in [-0.1, -0.05) is 11.6 Å². The first-order valence-electron chi connectivity index (χ1n) is 7.95. The number of benzene rings is 1. The summed E-state index contributed by atoms with van der Waals surface area (Å²) in [6.07, 6.45) is 0.682. The molecule has 1 aliphatic heterocycles. The number of likely N-dealkylation sites (N-methyl/N-ethyl adjacent to an activating group) is 1. The molecule has 0 saturated carbocycles. The molecule has 0 aliphatic carbocycles. The molecule has 2 rings (SSSR count). The van der Waals surface area contributed by atoms with Gasteiger partial charge in [0.25, 0.3) is 0 Å². The van der Waals surface area contributed by atoms with Crippen molar-refractivity contribution in [3.05, 3.63) is 28.8 Å². The lowest BCUT2D eigenvalue weighted by Crippen LogP contribution is -2.33. The minimum atomic E-state index is -0.311. The Morgan fingerprint density at radius 3 is 2.68 bits per heavy atom. The molecule has 1 aromatic rings. The van der Waals surface area contributed by atoms with Crippen molar-refractivity contribution in [1.82, 2.24) is 14.7 Å². The summed E-state index contributed by atoms with van der Waals surface area (Å²) in [5.41, 5.74) is 0.817. The summed E-state index contributed by atoms with van der Waals surface area (Å²) in [6, 6.07) is 4.94. The summed E-state index contributed by atoms with van der Waals surface area (Å²) in [6.45, 7) is 0.718. The van der Waals surface area contributed by atoms with E-state index in [4.69, 9.17) is 16.3 Å². The van der Waals surface area contributed by atoms with E-state index in [1.54, 1.807) is 44.3 Å². The fourth-order valence-corrected chi connectivity index (χ4v) is 2.88. The maximum Gasteiger partial charge on any atom is 0.326 e. The van der Waals surface area contributed by atoms with Crippen molar-refractivity contribution in [3.8, 4) is 5.75 Å². The van der Waals surface area contributed by atoms with Crippen LogP contribution in [0.25, 0.3) is 0 Å². The number of carbonyl (C=O) groups is 3. The van der Waals surface area contributed by atoms with Crippen LogP contribution in [0, 0.1) is 0 Å². The zero-order valence-electron chi connectivity index (χ0n) is 14.6. The molecule has 1 aromatic carbocycles. The molecule has 0 unspecified atom stereocenters. The standard InChI is InChI=1S/C17H22ClN3O4/c1-19(10-12-9-13(18)6-7-14(12)25-3)15(22)5-4-8-21-16(23)11-20(2)17(21)24/h6-7,9H,4-5,8,10-11H2,1-3H3. The molecule has 0 bridgehead atoms. The van der Waals surface area contributed by atoms with E-state index in [1.807, 2.05) is 0 Å². The summed E-state index contributed by atoms with van der Waals surface area (Å²) < 4.78 is 5.28. The number of methoxy groups -OCH3 is 1. The SMILES string of the molecule is COc1ccc(Cl)cc1CN(C)C(=O)CCCN1C(=O)CN(C)C1=O. The summed E-state index contributed by atoms with van der Waals surface area (Å²) in [5.74, 6) is 0.367. The summed E-state index contributed by atoms with van der Waals surface area (Å²) in [5, 5.41) is 0.576. The highest BCUT2D eigenvalue weighted by Gasteiger charge is 2.32. The van der Waals surface area contributed by atoms with Gasteiger partial charge in [0.15, 0.2) is 0 Å². The van der Waals surface area contributed by atoms with Gasteiger partial charge in [0.05, 0.1) is 7.11 Å². The van der Waals surface area contributed by atoms with E-state index < -0.39 is 0 Å². The summed E-state index contributed by atoms with van der Waals surface area (Å²) in [4.78, 5) is 39.9. The molecular formula is C17H22ClN3O4. The fraction of sp³-hybridized carbons (Fsp3) is 0.471. The topological polar surface area (TPSA) is 70.2 Å². The predicted molar refractivity (Wildman–Crippen MR) is 93.5 cm³/mol. The van der Waals surface area contributed by atoms with Crippen molar-refractivity contribution in [2.24, 2.45) is 0 Å². The van der Waals surface area contributed by atoms with E-state index in [-0.39, 0.29) is 37.4 Å². The van der Waals surface area contributed by atoms with E-state index >= 15 is 0 Å². The molecule has 25 heavy (non-hydrogen) atoms. The van der Waals surface area contributed by atoms with Crippen LogP contribution in [0.5, 0.6) is 5.75 Å². The Bertz CT molecular complexity index is 680. The Hall–Kier alpha value is -2.28. The van der Waals surface area contributed by atoms with Crippen LogP contribution in [0.3, 0.4) is 0 Å². The van der Waals surface area contributed by atoms with Crippen molar-refractivity contribution in [2.75, 3.05) is 34.3 Å². The van der Waals surface area contributed by atoms with Crippen LogP contribution < -0.4 is 4.74 Å². The van der Waals surface area contributed by atoms with Gasteiger partial charge in [-0.3, -0.25) is 14.5 Å². The number of nitrogens with zero attached hydrogens (tertiary/aromatic N) is 3. The molecule has 0 N–H and O–H groups in total. The minimum absolute atomic E-state index is 0.0746. The number of ether oxygens (including phenoxy) is 1. The van der Waals surface area contributed by atoms with Gasteiger partial charge < -0.3 is 14.5 Å². The van der Waals surface area contributed by atoms with Gasteiger partial charge in [0.1, 0.15) is 12.3 Å². The molecular weight excluding hydrogens is 346 g/mol. The number of rotatable bonds is 7. The fourth-order valence-electron chi connectivity index (χ4n) is 2.68. The second-order valence-corrected chi connectivity index (χ2v) is 6.43.